The molecule has 0 saturated carbocycles. The molecule has 2 rings (SSSR count). The molecule has 5 heteroatoms. The second-order valence-corrected chi connectivity index (χ2v) is 5.70. The van der Waals surface area contributed by atoms with Crippen LogP contribution in [0.15, 0.2) is 28.8 Å². The van der Waals surface area contributed by atoms with E-state index in [1.165, 1.54) is 0 Å². The van der Waals surface area contributed by atoms with E-state index in [4.69, 9.17) is 4.52 Å². The van der Waals surface area contributed by atoms with Gasteiger partial charge in [0.15, 0.2) is 5.82 Å². The third-order valence-corrected chi connectivity index (χ3v) is 3.42. The predicted octanol–water partition coefficient (Wildman–Crippen LogP) is 2.64. The van der Waals surface area contributed by atoms with Crippen LogP contribution in [0.4, 0.5) is 0 Å². The van der Waals surface area contributed by atoms with Crippen molar-refractivity contribution in [1.29, 1.82) is 0 Å². The van der Waals surface area contributed by atoms with Gasteiger partial charge in [-0.1, -0.05) is 23.4 Å². The summed E-state index contributed by atoms with van der Waals surface area (Å²) in [7, 11) is 0. The molecule has 21 heavy (non-hydrogen) atoms. The van der Waals surface area contributed by atoms with Gasteiger partial charge in [0.2, 0.25) is 0 Å². The van der Waals surface area contributed by atoms with Crippen LogP contribution in [0.2, 0.25) is 0 Å². The largest absolute Gasteiger partial charge is 0.392 e. The molecule has 0 aliphatic heterocycles. The summed E-state index contributed by atoms with van der Waals surface area (Å²) in [5.74, 6) is 1.19. The molecule has 0 bridgehead atoms. The highest BCUT2D eigenvalue weighted by molar-refractivity contribution is 5.57. The number of hydrogen-bond acceptors (Lipinski definition) is 5. The zero-order valence-electron chi connectivity index (χ0n) is 13.1. The molecular formula is C16H23N3O2. The standard InChI is InChI=1S/C16H23N3O2/c1-11(2)19(9-13(4)20)10-15-17-16(21-18-15)14-8-6-5-7-12(14)3/h5-8,11,13,20H,9-10H2,1-4H3. The number of aromatic nitrogens is 2. The van der Waals surface area contributed by atoms with Gasteiger partial charge in [-0.15, -0.1) is 0 Å². The van der Waals surface area contributed by atoms with Crippen LogP contribution in [0.25, 0.3) is 11.5 Å². The topological polar surface area (TPSA) is 62.4 Å². The minimum Gasteiger partial charge on any atom is -0.392 e. The van der Waals surface area contributed by atoms with Gasteiger partial charge in [0.25, 0.3) is 5.89 Å². The minimum absolute atomic E-state index is 0.306. The molecule has 1 aromatic heterocycles. The van der Waals surface area contributed by atoms with E-state index in [-0.39, 0.29) is 6.10 Å². The zero-order chi connectivity index (χ0) is 15.4. The van der Waals surface area contributed by atoms with Crippen LogP contribution in [0, 0.1) is 6.92 Å². The first-order valence-corrected chi connectivity index (χ1v) is 7.28. The summed E-state index contributed by atoms with van der Waals surface area (Å²) in [4.78, 5) is 6.59. The van der Waals surface area contributed by atoms with Gasteiger partial charge in [-0.25, -0.2) is 0 Å². The summed E-state index contributed by atoms with van der Waals surface area (Å²) in [6.07, 6.45) is -0.380. The van der Waals surface area contributed by atoms with Crippen molar-refractivity contribution in [2.24, 2.45) is 0 Å². The van der Waals surface area contributed by atoms with Crippen LogP contribution in [-0.4, -0.2) is 38.8 Å². The summed E-state index contributed by atoms with van der Waals surface area (Å²) in [6, 6.07) is 8.25. The molecular weight excluding hydrogens is 266 g/mol. The lowest BCUT2D eigenvalue weighted by Crippen LogP contribution is -2.36. The molecule has 1 N–H and O–H groups in total. The van der Waals surface area contributed by atoms with Gasteiger partial charge in [0, 0.05) is 18.2 Å². The molecule has 0 aliphatic rings. The fourth-order valence-electron chi connectivity index (χ4n) is 2.22. The Morgan fingerprint density at radius 3 is 2.57 bits per heavy atom. The van der Waals surface area contributed by atoms with Crippen LogP contribution in [0.3, 0.4) is 0 Å². The number of aliphatic hydroxyl groups excluding tert-OH is 1. The molecule has 1 heterocycles. The van der Waals surface area contributed by atoms with Crippen molar-refractivity contribution >= 4 is 0 Å². The molecule has 0 spiro atoms. The summed E-state index contributed by atoms with van der Waals surface area (Å²) >= 11 is 0. The Balaban J connectivity index is 2.14. The summed E-state index contributed by atoms with van der Waals surface area (Å²) in [5, 5.41) is 13.6. The Morgan fingerprint density at radius 2 is 1.95 bits per heavy atom. The highest BCUT2D eigenvalue weighted by atomic mass is 16.5. The van der Waals surface area contributed by atoms with Crippen molar-refractivity contribution < 1.29 is 9.63 Å². The average molecular weight is 289 g/mol. The van der Waals surface area contributed by atoms with E-state index < -0.39 is 0 Å². The minimum atomic E-state index is -0.380. The normalized spacial score (nSPS) is 13.1. The van der Waals surface area contributed by atoms with Crippen molar-refractivity contribution in [3.8, 4) is 11.5 Å². The zero-order valence-corrected chi connectivity index (χ0v) is 13.1. The average Bonchev–Trinajstić information content (AvgIpc) is 2.86. The van der Waals surface area contributed by atoms with Crippen molar-refractivity contribution in [3.05, 3.63) is 35.7 Å². The Bertz CT molecular complexity index is 578. The highest BCUT2D eigenvalue weighted by Crippen LogP contribution is 2.21. The molecule has 114 valence electrons. The van der Waals surface area contributed by atoms with E-state index in [1.54, 1.807) is 6.92 Å². The first-order valence-electron chi connectivity index (χ1n) is 7.28. The number of rotatable bonds is 6. The lowest BCUT2D eigenvalue weighted by molar-refractivity contribution is 0.100. The fraction of sp³-hybridized carbons (Fsp3) is 0.500. The van der Waals surface area contributed by atoms with Crippen molar-refractivity contribution in [2.75, 3.05) is 6.54 Å². The number of aryl methyl sites for hydroxylation is 1. The number of hydrogen-bond donors (Lipinski definition) is 1. The summed E-state index contributed by atoms with van der Waals surface area (Å²) in [5.41, 5.74) is 2.07. The molecule has 5 nitrogen and oxygen atoms in total. The monoisotopic (exact) mass is 289 g/mol. The van der Waals surface area contributed by atoms with Crippen molar-refractivity contribution in [1.82, 2.24) is 15.0 Å². The van der Waals surface area contributed by atoms with Crippen molar-refractivity contribution in [3.63, 3.8) is 0 Å². The first-order chi connectivity index (χ1) is 9.97. The fourth-order valence-corrected chi connectivity index (χ4v) is 2.22. The quantitative estimate of drug-likeness (QED) is 0.885. The SMILES string of the molecule is Cc1ccccc1-c1nc(CN(CC(C)O)C(C)C)no1. The van der Waals surface area contributed by atoms with Gasteiger partial charge in [-0.2, -0.15) is 4.98 Å². The van der Waals surface area contributed by atoms with Gasteiger partial charge >= 0.3 is 0 Å². The second-order valence-electron chi connectivity index (χ2n) is 5.70. The van der Waals surface area contributed by atoms with Gasteiger partial charge in [0.05, 0.1) is 12.6 Å². The lowest BCUT2D eigenvalue weighted by atomic mass is 10.1. The van der Waals surface area contributed by atoms with E-state index in [2.05, 4.69) is 28.9 Å². The molecule has 0 aliphatic carbocycles. The molecule has 0 amide bonds. The molecule has 0 saturated heterocycles. The first kappa shape index (κ1) is 15.7. The van der Waals surface area contributed by atoms with Crippen LogP contribution in [-0.2, 0) is 6.54 Å². The Kier molecular flexibility index (Phi) is 5.09. The van der Waals surface area contributed by atoms with E-state index in [0.717, 1.165) is 11.1 Å². The summed E-state index contributed by atoms with van der Waals surface area (Å²) < 4.78 is 5.37. The third-order valence-electron chi connectivity index (χ3n) is 3.42. The van der Waals surface area contributed by atoms with E-state index >= 15 is 0 Å². The smallest absolute Gasteiger partial charge is 0.258 e. The van der Waals surface area contributed by atoms with Crippen molar-refractivity contribution in [2.45, 2.75) is 46.4 Å². The Labute approximate surface area is 125 Å². The third kappa shape index (κ3) is 4.12. The maximum atomic E-state index is 9.56. The van der Waals surface area contributed by atoms with Crippen LogP contribution >= 0.6 is 0 Å². The van der Waals surface area contributed by atoms with Gasteiger partial charge < -0.3 is 9.63 Å². The van der Waals surface area contributed by atoms with Gasteiger partial charge in [0.1, 0.15) is 0 Å². The molecule has 0 radical (unpaired) electrons. The summed E-state index contributed by atoms with van der Waals surface area (Å²) in [6.45, 7) is 9.14. The number of nitrogens with zero attached hydrogens (tertiary/aromatic N) is 3. The molecule has 1 atom stereocenters. The van der Waals surface area contributed by atoms with Gasteiger partial charge in [-0.05, 0) is 39.3 Å². The Hall–Kier alpha value is -1.72. The van der Waals surface area contributed by atoms with E-state index in [1.807, 2.05) is 31.2 Å². The molecule has 2 aromatic rings. The van der Waals surface area contributed by atoms with E-state index in [0.29, 0.717) is 30.8 Å². The highest BCUT2D eigenvalue weighted by Gasteiger charge is 2.17. The van der Waals surface area contributed by atoms with Crippen LogP contribution < -0.4 is 0 Å². The maximum Gasteiger partial charge on any atom is 0.258 e. The Morgan fingerprint density at radius 1 is 1.24 bits per heavy atom. The van der Waals surface area contributed by atoms with E-state index in [9.17, 15) is 5.11 Å². The molecule has 0 fully saturated rings. The van der Waals surface area contributed by atoms with Crippen LogP contribution in [0.1, 0.15) is 32.2 Å². The second kappa shape index (κ2) is 6.83. The lowest BCUT2D eigenvalue weighted by Gasteiger charge is -2.26. The van der Waals surface area contributed by atoms with Gasteiger partial charge in [-0.3, -0.25) is 4.90 Å². The number of aliphatic hydroxyl groups is 1. The van der Waals surface area contributed by atoms with Crippen LogP contribution in [0.5, 0.6) is 0 Å². The number of benzene rings is 1. The predicted molar refractivity (Wildman–Crippen MR) is 81.7 cm³/mol. The molecule has 1 unspecified atom stereocenters. The molecule has 1 aromatic carbocycles. The maximum absolute atomic E-state index is 9.56.